The molecule has 0 spiro atoms. The maximum Gasteiger partial charge on any atom is 0.416 e. The average Bonchev–Trinajstić information content (AvgIpc) is 3.40. The highest BCUT2D eigenvalue weighted by atomic mass is 19.4. The Hall–Kier alpha value is -2.32. The molecule has 1 aliphatic carbocycles. The van der Waals surface area contributed by atoms with Gasteiger partial charge in [0.2, 0.25) is 0 Å². The molecule has 1 saturated carbocycles. The van der Waals surface area contributed by atoms with E-state index in [-0.39, 0.29) is 18.1 Å². The largest absolute Gasteiger partial charge is 0.481 e. The lowest BCUT2D eigenvalue weighted by molar-refractivity contribution is -0.143. The highest BCUT2D eigenvalue weighted by molar-refractivity contribution is 5.75. The van der Waals surface area contributed by atoms with E-state index in [9.17, 15) is 27.2 Å². The maximum atomic E-state index is 13.7. The van der Waals surface area contributed by atoms with Crippen LogP contribution in [-0.4, -0.2) is 41.6 Å². The first-order valence-corrected chi connectivity index (χ1v) is 8.75. The lowest BCUT2D eigenvalue weighted by Crippen LogP contribution is -2.47. The number of hydrogen-bond donors (Lipinski definition) is 2. The Morgan fingerprint density at radius 1 is 1.19 bits per heavy atom. The van der Waals surface area contributed by atoms with Crippen LogP contribution in [0.1, 0.15) is 36.8 Å². The van der Waals surface area contributed by atoms with Gasteiger partial charge in [-0.3, -0.25) is 4.79 Å². The number of carbonyl (C=O) groups excluding carboxylic acids is 1. The van der Waals surface area contributed by atoms with Crippen LogP contribution >= 0.6 is 0 Å². The fraction of sp³-hybridized carbons (Fsp3) is 0.556. The summed E-state index contributed by atoms with van der Waals surface area (Å²) in [6.45, 7) is 0.743. The predicted octanol–water partition coefficient (Wildman–Crippen LogP) is 3.38. The topological polar surface area (TPSA) is 69.6 Å². The molecule has 1 heterocycles. The number of alkyl halides is 3. The molecule has 27 heavy (non-hydrogen) atoms. The number of carbonyl (C=O) groups is 2. The van der Waals surface area contributed by atoms with Gasteiger partial charge in [0, 0.05) is 25.0 Å². The molecule has 3 rings (SSSR count). The summed E-state index contributed by atoms with van der Waals surface area (Å²) in [4.78, 5) is 24.7. The number of carboxylic acids is 1. The first kappa shape index (κ1) is 19.4. The van der Waals surface area contributed by atoms with Gasteiger partial charge in [0.1, 0.15) is 5.82 Å². The molecule has 2 amide bonds. The molecule has 1 aromatic rings. The number of rotatable bonds is 4. The third-order valence-corrected chi connectivity index (χ3v) is 5.40. The van der Waals surface area contributed by atoms with Crippen molar-refractivity contribution in [2.24, 2.45) is 5.92 Å². The number of nitrogens with one attached hydrogen (secondary N) is 1. The molecule has 1 aromatic carbocycles. The van der Waals surface area contributed by atoms with E-state index < -0.39 is 34.9 Å². The molecule has 9 heteroatoms. The number of urea groups is 1. The first-order chi connectivity index (χ1) is 12.6. The minimum atomic E-state index is -4.63. The van der Waals surface area contributed by atoms with Crippen LogP contribution in [-0.2, 0) is 16.4 Å². The van der Waals surface area contributed by atoms with Gasteiger partial charge < -0.3 is 15.3 Å². The smallest absolute Gasteiger partial charge is 0.416 e. The van der Waals surface area contributed by atoms with Crippen LogP contribution in [0, 0.1) is 11.7 Å². The second kappa shape index (κ2) is 7.01. The molecule has 148 valence electrons. The lowest BCUT2D eigenvalue weighted by atomic mass is 9.93. The van der Waals surface area contributed by atoms with Gasteiger partial charge in [-0.15, -0.1) is 0 Å². The first-order valence-electron chi connectivity index (χ1n) is 8.75. The van der Waals surface area contributed by atoms with Gasteiger partial charge in [0.15, 0.2) is 0 Å². The van der Waals surface area contributed by atoms with Crippen molar-refractivity contribution in [2.45, 2.75) is 37.3 Å². The number of piperidine rings is 1. The minimum Gasteiger partial charge on any atom is -0.481 e. The van der Waals surface area contributed by atoms with Gasteiger partial charge in [0.05, 0.1) is 11.5 Å². The van der Waals surface area contributed by atoms with Crippen LogP contribution in [0.2, 0.25) is 0 Å². The van der Waals surface area contributed by atoms with Crippen molar-refractivity contribution in [3.8, 4) is 0 Å². The van der Waals surface area contributed by atoms with Gasteiger partial charge in [0.25, 0.3) is 0 Å². The van der Waals surface area contributed by atoms with Gasteiger partial charge in [-0.1, -0.05) is 0 Å². The molecule has 0 atom stereocenters. The van der Waals surface area contributed by atoms with Crippen molar-refractivity contribution < 1.29 is 32.3 Å². The molecule has 2 N–H and O–H groups in total. The molecule has 1 aliphatic heterocycles. The Morgan fingerprint density at radius 2 is 1.81 bits per heavy atom. The Balaban J connectivity index is 1.62. The van der Waals surface area contributed by atoms with Crippen LogP contribution in [0.5, 0.6) is 0 Å². The summed E-state index contributed by atoms with van der Waals surface area (Å²) in [5.41, 5.74) is -1.48. The Kier molecular flexibility index (Phi) is 5.05. The fourth-order valence-corrected chi connectivity index (χ4v) is 3.46. The highest BCUT2D eigenvalue weighted by Gasteiger charge is 2.46. The number of amides is 2. The van der Waals surface area contributed by atoms with E-state index in [4.69, 9.17) is 5.11 Å². The monoisotopic (exact) mass is 388 g/mol. The summed E-state index contributed by atoms with van der Waals surface area (Å²) in [5, 5.41) is 11.7. The highest BCUT2D eigenvalue weighted by Crippen LogP contribution is 2.49. The number of halogens is 4. The Morgan fingerprint density at radius 3 is 2.33 bits per heavy atom. The van der Waals surface area contributed by atoms with Crippen molar-refractivity contribution in [3.05, 3.63) is 35.1 Å². The second-order valence-electron chi connectivity index (χ2n) is 7.26. The van der Waals surface area contributed by atoms with E-state index in [1.54, 1.807) is 0 Å². The zero-order chi connectivity index (χ0) is 19.8. The van der Waals surface area contributed by atoms with Crippen molar-refractivity contribution in [2.75, 3.05) is 19.6 Å². The molecule has 0 radical (unpaired) electrons. The summed E-state index contributed by atoms with van der Waals surface area (Å²) >= 11 is 0. The third-order valence-electron chi connectivity index (χ3n) is 5.40. The van der Waals surface area contributed by atoms with E-state index in [0.717, 1.165) is 12.1 Å². The van der Waals surface area contributed by atoms with E-state index in [0.29, 0.717) is 44.8 Å². The van der Waals surface area contributed by atoms with Gasteiger partial charge in [-0.25, -0.2) is 9.18 Å². The predicted molar refractivity (Wildman–Crippen MR) is 87.6 cm³/mol. The molecular weight excluding hydrogens is 368 g/mol. The van der Waals surface area contributed by atoms with Crippen molar-refractivity contribution in [1.29, 1.82) is 0 Å². The summed E-state index contributed by atoms with van der Waals surface area (Å²) in [7, 11) is 0. The summed E-state index contributed by atoms with van der Waals surface area (Å²) in [6.07, 6.45) is -2.77. The maximum absolute atomic E-state index is 13.7. The van der Waals surface area contributed by atoms with Crippen LogP contribution in [0.25, 0.3) is 0 Å². The van der Waals surface area contributed by atoms with Crippen molar-refractivity contribution in [1.82, 2.24) is 10.2 Å². The Labute approximate surface area is 153 Å². The summed E-state index contributed by atoms with van der Waals surface area (Å²) < 4.78 is 52.4. The number of nitrogens with zero attached hydrogens (tertiary/aromatic N) is 1. The van der Waals surface area contributed by atoms with Crippen molar-refractivity contribution >= 4 is 12.0 Å². The van der Waals surface area contributed by atoms with E-state index in [2.05, 4.69) is 5.32 Å². The quantitative estimate of drug-likeness (QED) is 0.777. The summed E-state index contributed by atoms with van der Waals surface area (Å²) in [6, 6.07) is 2.12. The van der Waals surface area contributed by atoms with E-state index >= 15 is 0 Å². The third kappa shape index (κ3) is 4.33. The fourth-order valence-electron chi connectivity index (χ4n) is 3.46. The lowest BCUT2D eigenvalue weighted by Gasteiger charge is -2.31. The molecule has 0 bridgehead atoms. The van der Waals surface area contributed by atoms with Gasteiger partial charge in [-0.05, 0) is 49.4 Å². The zero-order valence-electron chi connectivity index (χ0n) is 14.5. The second-order valence-corrected chi connectivity index (χ2v) is 7.26. The molecule has 0 aromatic heterocycles. The minimum absolute atomic E-state index is 0.117. The Bertz CT molecular complexity index is 739. The van der Waals surface area contributed by atoms with Crippen molar-refractivity contribution in [3.63, 3.8) is 0 Å². The number of carboxylic acid groups (broad SMARTS) is 1. The number of benzene rings is 1. The van der Waals surface area contributed by atoms with Crippen LogP contribution in [0.3, 0.4) is 0 Å². The van der Waals surface area contributed by atoms with E-state index in [1.165, 1.54) is 4.90 Å². The molecule has 2 aliphatic rings. The normalized spacial score (nSPS) is 19.6. The molecule has 1 saturated heterocycles. The van der Waals surface area contributed by atoms with Gasteiger partial charge in [-0.2, -0.15) is 13.2 Å². The molecule has 0 unspecified atom stereocenters. The average molecular weight is 388 g/mol. The van der Waals surface area contributed by atoms with Gasteiger partial charge >= 0.3 is 18.2 Å². The molecule has 2 fully saturated rings. The number of aliphatic carboxylic acids is 1. The number of likely N-dealkylation sites (tertiary alicyclic amines) is 1. The van der Waals surface area contributed by atoms with Crippen LogP contribution < -0.4 is 5.32 Å². The van der Waals surface area contributed by atoms with E-state index in [1.807, 2.05) is 0 Å². The summed E-state index contributed by atoms with van der Waals surface area (Å²) in [5.74, 6) is -2.29. The SMILES string of the molecule is O=C(O)C1CCN(C(=O)NCC2(c3cc(F)cc(C(F)(F)F)c3)CC2)CC1. The van der Waals surface area contributed by atoms with Crippen LogP contribution in [0.15, 0.2) is 18.2 Å². The van der Waals surface area contributed by atoms with Crippen LogP contribution in [0.4, 0.5) is 22.4 Å². The zero-order valence-corrected chi connectivity index (χ0v) is 14.5. The molecular formula is C18H20F4N2O3. The molecule has 5 nitrogen and oxygen atoms in total. The standard InChI is InChI=1S/C18H20F4N2O3/c19-14-8-12(7-13(9-14)18(20,21)22)17(3-4-17)10-23-16(27)24-5-1-11(2-6-24)15(25)26/h7-9,11H,1-6,10H2,(H,23,27)(H,25,26). The number of hydrogen-bond acceptors (Lipinski definition) is 2.